The highest BCUT2D eigenvalue weighted by atomic mass is 16.5. The first-order valence-electron chi connectivity index (χ1n) is 6.74. The molecule has 1 aliphatic rings. The minimum atomic E-state index is -0.0916. The number of amides is 1. The molecular weight excluding hydrogens is 244 g/mol. The van der Waals surface area contributed by atoms with Crippen LogP contribution in [0.4, 0.5) is 5.69 Å². The van der Waals surface area contributed by atoms with Crippen molar-refractivity contribution in [1.82, 2.24) is 15.1 Å². The smallest absolute Gasteiger partial charge is 0.241 e. The summed E-state index contributed by atoms with van der Waals surface area (Å²) in [6.45, 7) is 4.39. The normalized spacial score (nSPS) is 23.3. The molecule has 2 N–H and O–H groups in total. The van der Waals surface area contributed by atoms with Crippen molar-refractivity contribution in [3.05, 3.63) is 12.4 Å². The van der Waals surface area contributed by atoms with Gasteiger partial charge in [-0.15, -0.1) is 0 Å². The summed E-state index contributed by atoms with van der Waals surface area (Å²) in [6, 6.07) is -0.0916. The molecule has 19 heavy (non-hydrogen) atoms. The zero-order chi connectivity index (χ0) is 13.7. The lowest BCUT2D eigenvalue weighted by Crippen LogP contribution is -2.45. The van der Waals surface area contributed by atoms with Crippen molar-refractivity contribution in [2.24, 2.45) is 5.92 Å². The molecule has 1 aromatic heterocycles. The van der Waals surface area contributed by atoms with Gasteiger partial charge in [0.05, 0.1) is 31.1 Å². The lowest BCUT2D eigenvalue weighted by atomic mass is 9.94. The van der Waals surface area contributed by atoms with Crippen molar-refractivity contribution in [2.45, 2.75) is 32.4 Å². The number of hydrogen-bond acceptors (Lipinski definition) is 4. The number of carbonyl (C=O) groups excluding carboxylic acids is 1. The number of nitrogens with zero attached hydrogens (tertiary/aromatic N) is 2. The second-order valence-corrected chi connectivity index (χ2v) is 5.11. The van der Waals surface area contributed by atoms with Crippen LogP contribution in [0, 0.1) is 5.92 Å². The molecule has 106 valence electrons. The molecule has 2 rings (SSSR count). The van der Waals surface area contributed by atoms with E-state index in [9.17, 15) is 4.79 Å². The number of aromatic nitrogens is 2. The topological polar surface area (TPSA) is 68.2 Å². The fourth-order valence-electron chi connectivity index (χ4n) is 2.27. The SMILES string of the molecule is COCCn1cc(NC(=O)C2CC(C)CCN2)cn1. The summed E-state index contributed by atoms with van der Waals surface area (Å²) in [4.78, 5) is 12.1. The standard InChI is InChI=1S/C13H22N4O2/c1-10-3-4-14-12(7-10)13(18)16-11-8-15-17(9-11)5-6-19-2/h8-10,12,14H,3-7H2,1-2H3,(H,16,18). The summed E-state index contributed by atoms with van der Waals surface area (Å²) < 4.78 is 6.74. The number of methoxy groups -OCH3 is 1. The third-order valence-corrected chi connectivity index (χ3v) is 3.41. The van der Waals surface area contributed by atoms with Gasteiger partial charge in [0.15, 0.2) is 0 Å². The Morgan fingerprint density at radius 2 is 2.53 bits per heavy atom. The van der Waals surface area contributed by atoms with Crippen molar-refractivity contribution in [3.63, 3.8) is 0 Å². The molecule has 1 aromatic rings. The maximum absolute atomic E-state index is 12.1. The number of carbonyl (C=O) groups is 1. The summed E-state index contributed by atoms with van der Waals surface area (Å²) in [5.74, 6) is 0.624. The predicted molar refractivity (Wildman–Crippen MR) is 72.9 cm³/mol. The first-order chi connectivity index (χ1) is 9.19. The second kappa shape index (κ2) is 6.68. The molecule has 2 heterocycles. The molecule has 0 radical (unpaired) electrons. The van der Waals surface area contributed by atoms with E-state index in [0.717, 1.165) is 25.1 Å². The number of piperidine rings is 1. The molecule has 1 fully saturated rings. The highest BCUT2D eigenvalue weighted by Gasteiger charge is 2.24. The van der Waals surface area contributed by atoms with Gasteiger partial charge in [-0.2, -0.15) is 5.10 Å². The van der Waals surface area contributed by atoms with Gasteiger partial charge in [0, 0.05) is 13.3 Å². The summed E-state index contributed by atoms with van der Waals surface area (Å²) >= 11 is 0. The Morgan fingerprint density at radius 3 is 3.26 bits per heavy atom. The Hall–Kier alpha value is -1.40. The summed E-state index contributed by atoms with van der Waals surface area (Å²) in [5.41, 5.74) is 0.737. The van der Waals surface area contributed by atoms with Gasteiger partial charge in [-0.3, -0.25) is 9.48 Å². The Labute approximate surface area is 113 Å². The van der Waals surface area contributed by atoms with Crippen LogP contribution in [-0.4, -0.2) is 42.0 Å². The van der Waals surface area contributed by atoms with E-state index < -0.39 is 0 Å². The van der Waals surface area contributed by atoms with Gasteiger partial charge in [-0.25, -0.2) is 0 Å². The van der Waals surface area contributed by atoms with Crippen molar-refractivity contribution in [1.29, 1.82) is 0 Å². The number of ether oxygens (including phenoxy) is 1. The highest BCUT2D eigenvalue weighted by Crippen LogP contribution is 2.16. The minimum Gasteiger partial charge on any atom is -0.383 e. The van der Waals surface area contributed by atoms with Crippen molar-refractivity contribution >= 4 is 11.6 Å². The molecule has 2 unspecified atom stereocenters. The highest BCUT2D eigenvalue weighted by molar-refractivity contribution is 5.94. The van der Waals surface area contributed by atoms with Gasteiger partial charge < -0.3 is 15.4 Å². The molecule has 0 spiro atoms. The van der Waals surface area contributed by atoms with Crippen LogP contribution in [0.25, 0.3) is 0 Å². The monoisotopic (exact) mass is 266 g/mol. The number of anilines is 1. The molecule has 0 aliphatic carbocycles. The number of rotatable bonds is 5. The summed E-state index contributed by atoms with van der Waals surface area (Å²) in [6.07, 6.45) is 5.52. The van der Waals surface area contributed by atoms with Crippen molar-refractivity contribution < 1.29 is 9.53 Å². The molecule has 6 heteroatoms. The maximum atomic E-state index is 12.1. The average Bonchev–Trinajstić information content (AvgIpc) is 2.84. The summed E-state index contributed by atoms with van der Waals surface area (Å²) in [7, 11) is 1.65. The molecule has 1 amide bonds. The molecule has 0 aromatic carbocycles. The van der Waals surface area contributed by atoms with E-state index in [-0.39, 0.29) is 11.9 Å². The van der Waals surface area contributed by atoms with Crippen LogP contribution in [0.3, 0.4) is 0 Å². The first-order valence-corrected chi connectivity index (χ1v) is 6.74. The molecule has 6 nitrogen and oxygen atoms in total. The third kappa shape index (κ3) is 4.04. The molecule has 2 atom stereocenters. The summed E-state index contributed by atoms with van der Waals surface area (Å²) in [5, 5.41) is 10.3. The van der Waals surface area contributed by atoms with E-state index in [2.05, 4.69) is 22.7 Å². The number of nitrogens with one attached hydrogen (secondary N) is 2. The van der Waals surface area contributed by atoms with Crippen LogP contribution < -0.4 is 10.6 Å². The average molecular weight is 266 g/mol. The van der Waals surface area contributed by atoms with Gasteiger partial charge >= 0.3 is 0 Å². The number of hydrogen-bond donors (Lipinski definition) is 2. The lowest BCUT2D eigenvalue weighted by Gasteiger charge is -2.26. The van der Waals surface area contributed by atoms with Gasteiger partial charge in [0.2, 0.25) is 5.91 Å². The molecule has 0 saturated carbocycles. The van der Waals surface area contributed by atoms with E-state index >= 15 is 0 Å². The second-order valence-electron chi connectivity index (χ2n) is 5.11. The van der Waals surface area contributed by atoms with Gasteiger partial charge in [-0.1, -0.05) is 6.92 Å². The van der Waals surface area contributed by atoms with Crippen LogP contribution in [0.1, 0.15) is 19.8 Å². The van der Waals surface area contributed by atoms with Crippen LogP contribution in [0.15, 0.2) is 12.4 Å². The third-order valence-electron chi connectivity index (χ3n) is 3.41. The molecular formula is C13H22N4O2. The zero-order valence-corrected chi connectivity index (χ0v) is 11.6. The van der Waals surface area contributed by atoms with Crippen LogP contribution in [-0.2, 0) is 16.1 Å². The van der Waals surface area contributed by atoms with Gasteiger partial charge in [0.1, 0.15) is 0 Å². The largest absolute Gasteiger partial charge is 0.383 e. The Bertz CT molecular complexity index is 419. The van der Waals surface area contributed by atoms with Gasteiger partial charge in [0.25, 0.3) is 0 Å². The Kier molecular flexibility index (Phi) is 4.93. The van der Waals surface area contributed by atoms with Crippen molar-refractivity contribution in [3.8, 4) is 0 Å². The molecule has 1 saturated heterocycles. The maximum Gasteiger partial charge on any atom is 0.241 e. The van der Waals surface area contributed by atoms with Crippen LogP contribution >= 0.6 is 0 Å². The van der Waals surface area contributed by atoms with Crippen LogP contribution in [0.2, 0.25) is 0 Å². The molecule has 0 bridgehead atoms. The van der Waals surface area contributed by atoms with Crippen molar-refractivity contribution in [2.75, 3.05) is 25.6 Å². The zero-order valence-electron chi connectivity index (χ0n) is 11.6. The van der Waals surface area contributed by atoms with Gasteiger partial charge in [-0.05, 0) is 25.3 Å². The van der Waals surface area contributed by atoms with E-state index in [1.54, 1.807) is 18.0 Å². The van der Waals surface area contributed by atoms with Crippen LogP contribution in [0.5, 0.6) is 0 Å². The lowest BCUT2D eigenvalue weighted by molar-refractivity contribution is -0.119. The first kappa shape index (κ1) is 14.0. The molecule has 1 aliphatic heterocycles. The van der Waals surface area contributed by atoms with E-state index in [0.29, 0.717) is 19.1 Å². The van der Waals surface area contributed by atoms with E-state index in [4.69, 9.17) is 4.74 Å². The quantitative estimate of drug-likeness (QED) is 0.829. The van der Waals surface area contributed by atoms with E-state index in [1.165, 1.54) is 0 Å². The minimum absolute atomic E-state index is 0.0258. The fourth-order valence-corrected chi connectivity index (χ4v) is 2.27. The Morgan fingerprint density at radius 1 is 1.68 bits per heavy atom. The fraction of sp³-hybridized carbons (Fsp3) is 0.692. The Balaban J connectivity index is 1.86. The predicted octanol–water partition coefficient (Wildman–Crippen LogP) is 0.856. The van der Waals surface area contributed by atoms with E-state index in [1.807, 2.05) is 6.20 Å².